The van der Waals surface area contributed by atoms with Gasteiger partial charge in [-0.2, -0.15) is 0 Å². The first-order chi connectivity index (χ1) is 17.1. The van der Waals surface area contributed by atoms with Gasteiger partial charge in [0.1, 0.15) is 0 Å². The van der Waals surface area contributed by atoms with Crippen molar-refractivity contribution in [1.29, 1.82) is 0 Å². The standard InChI is InChI=1S/C28H39N3O4/c1-6-20-15-30-10-8-19-12-26(33-3)28(35-5)14-22(19)24(30)17-31(20)16-23-21-13-27(34-4)25(32-2)11-18(21)7-9-29-23/h11-14,20,23-24,29H,6-10,15-17H2,1-5H3. The van der Waals surface area contributed by atoms with E-state index in [4.69, 9.17) is 18.9 Å². The van der Waals surface area contributed by atoms with Crippen molar-refractivity contribution < 1.29 is 18.9 Å². The van der Waals surface area contributed by atoms with E-state index in [1.165, 1.54) is 22.3 Å². The van der Waals surface area contributed by atoms with Gasteiger partial charge in [0.25, 0.3) is 0 Å². The Morgan fingerprint density at radius 3 is 2.03 bits per heavy atom. The zero-order valence-electron chi connectivity index (χ0n) is 21.7. The number of nitrogens with one attached hydrogen (secondary N) is 1. The summed E-state index contributed by atoms with van der Waals surface area (Å²) in [6.07, 6.45) is 3.21. The van der Waals surface area contributed by atoms with Crippen molar-refractivity contribution in [2.75, 3.05) is 61.2 Å². The van der Waals surface area contributed by atoms with Gasteiger partial charge in [-0.05, 0) is 72.3 Å². The molecule has 0 radical (unpaired) electrons. The highest BCUT2D eigenvalue weighted by atomic mass is 16.5. The maximum Gasteiger partial charge on any atom is 0.161 e. The molecule has 0 aliphatic carbocycles. The summed E-state index contributed by atoms with van der Waals surface area (Å²) >= 11 is 0. The van der Waals surface area contributed by atoms with Crippen LogP contribution in [-0.4, -0.2) is 77.0 Å². The highest BCUT2D eigenvalue weighted by Crippen LogP contribution is 2.41. The maximum atomic E-state index is 5.66. The minimum atomic E-state index is 0.271. The lowest BCUT2D eigenvalue weighted by atomic mass is 9.87. The smallest absolute Gasteiger partial charge is 0.161 e. The van der Waals surface area contributed by atoms with Crippen LogP contribution in [0, 0.1) is 0 Å². The molecule has 3 unspecified atom stereocenters. The number of nitrogens with zero attached hydrogens (tertiary/aromatic N) is 2. The molecule has 0 aromatic heterocycles. The number of rotatable bonds is 7. The summed E-state index contributed by atoms with van der Waals surface area (Å²) in [5.74, 6) is 3.27. The Balaban J connectivity index is 1.43. The molecule has 0 spiro atoms. The molecular weight excluding hydrogens is 442 g/mol. The predicted molar refractivity (Wildman–Crippen MR) is 137 cm³/mol. The van der Waals surface area contributed by atoms with Crippen LogP contribution in [0.1, 0.15) is 47.7 Å². The molecule has 0 saturated carbocycles. The van der Waals surface area contributed by atoms with Crippen LogP contribution in [0.5, 0.6) is 23.0 Å². The summed E-state index contributed by atoms with van der Waals surface area (Å²) in [6, 6.07) is 9.91. The Hall–Kier alpha value is -2.48. The molecule has 2 aromatic carbocycles. The third-order valence-corrected chi connectivity index (χ3v) is 8.18. The van der Waals surface area contributed by atoms with Gasteiger partial charge in [0.05, 0.1) is 28.4 Å². The molecule has 5 rings (SSSR count). The molecule has 0 amide bonds. The lowest BCUT2D eigenvalue weighted by Crippen LogP contribution is -2.57. The van der Waals surface area contributed by atoms with E-state index in [-0.39, 0.29) is 6.04 Å². The van der Waals surface area contributed by atoms with Crippen LogP contribution in [0.2, 0.25) is 0 Å². The number of piperazine rings is 1. The quantitative estimate of drug-likeness (QED) is 0.649. The summed E-state index contributed by atoms with van der Waals surface area (Å²) in [6.45, 7) is 7.49. The number of benzene rings is 2. The highest BCUT2D eigenvalue weighted by molar-refractivity contribution is 5.51. The topological polar surface area (TPSA) is 55.4 Å². The average Bonchev–Trinajstić information content (AvgIpc) is 2.91. The molecule has 2 aromatic rings. The minimum Gasteiger partial charge on any atom is -0.493 e. The summed E-state index contributed by atoms with van der Waals surface area (Å²) in [7, 11) is 6.86. The summed E-state index contributed by atoms with van der Waals surface area (Å²) < 4.78 is 22.5. The number of fused-ring (bicyclic) bond motifs is 4. The van der Waals surface area contributed by atoms with Gasteiger partial charge in [-0.25, -0.2) is 0 Å². The Labute approximate surface area is 209 Å². The molecule has 3 aliphatic heterocycles. The van der Waals surface area contributed by atoms with Crippen LogP contribution in [0.3, 0.4) is 0 Å². The zero-order chi connectivity index (χ0) is 24.5. The number of hydrogen-bond acceptors (Lipinski definition) is 7. The summed E-state index contributed by atoms with van der Waals surface area (Å²) in [5.41, 5.74) is 5.47. The van der Waals surface area contributed by atoms with Crippen LogP contribution in [0.15, 0.2) is 24.3 Å². The van der Waals surface area contributed by atoms with Crippen LogP contribution >= 0.6 is 0 Å². The fourth-order valence-electron chi connectivity index (χ4n) is 6.25. The van der Waals surface area contributed by atoms with Gasteiger partial charge < -0.3 is 24.3 Å². The van der Waals surface area contributed by atoms with Crippen molar-refractivity contribution in [2.24, 2.45) is 0 Å². The van der Waals surface area contributed by atoms with Crippen molar-refractivity contribution in [3.05, 3.63) is 46.5 Å². The van der Waals surface area contributed by atoms with E-state index in [9.17, 15) is 0 Å². The third kappa shape index (κ3) is 4.46. The minimum absolute atomic E-state index is 0.271. The number of hydrogen-bond donors (Lipinski definition) is 1. The molecule has 3 heterocycles. The average molecular weight is 482 g/mol. The maximum absolute atomic E-state index is 5.66. The first-order valence-electron chi connectivity index (χ1n) is 12.8. The van der Waals surface area contributed by atoms with Crippen LogP contribution < -0.4 is 24.3 Å². The Bertz CT molecular complexity index is 1060. The molecule has 7 nitrogen and oxygen atoms in total. The lowest BCUT2D eigenvalue weighted by Gasteiger charge is -2.50. The van der Waals surface area contributed by atoms with Crippen molar-refractivity contribution in [3.63, 3.8) is 0 Å². The second-order valence-corrected chi connectivity index (χ2v) is 9.85. The second kappa shape index (κ2) is 10.2. The fraction of sp³-hybridized carbons (Fsp3) is 0.571. The van der Waals surface area contributed by atoms with E-state index in [0.29, 0.717) is 12.1 Å². The van der Waals surface area contributed by atoms with Crippen molar-refractivity contribution in [2.45, 2.75) is 44.3 Å². The third-order valence-electron chi connectivity index (χ3n) is 8.18. The molecule has 3 aliphatic rings. The van der Waals surface area contributed by atoms with Crippen LogP contribution in [0.25, 0.3) is 0 Å². The van der Waals surface area contributed by atoms with E-state index >= 15 is 0 Å². The molecule has 35 heavy (non-hydrogen) atoms. The summed E-state index contributed by atoms with van der Waals surface area (Å²) in [5, 5.41) is 3.79. The van der Waals surface area contributed by atoms with Gasteiger partial charge in [-0.15, -0.1) is 0 Å². The first-order valence-corrected chi connectivity index (χ1v) is 12.8. The largest absolute Gasteiger partial charge is 0.493 e. The zero-order valence-corrected chi connectivity index (χ0v) is 21.7. The lowest BCUT2D eigenvalue weighted by molar-refractivity contribution is 0.0144. The van der Waals surface area contributed by atoms with E-state index < -0.39 is 0 Å². The van der Waals surface area contributed by atoms with Crippen molar-refractivity contribution >= 4 is 0 Å². The Morgan fingerprint density at radius 2 is 1.40 bits per heavy atom. The molecular formula is C28H39N3O4. The van der Waals surface area contributed by atoms with E-state index in [1.807, 2.05) is 0 Å². The molecule has 3 atom stereocenters. The van der Waals surface area contributed by atoms with E-state index in [0.717, 1.165) is 75.0 Å². The van der Waals surface area contributed by atoms with Gasteiger partial charge in [-0.1, -0.05) is 6.92 Å². The number of ether oxygens (including phenoxy) is 4. The SMILES string of the molecule is CCC1CN2CCc3cc(OC)c(OC)cc3C2CN1CC1NCCc2cc(OC)c(OC)cc21. The molecule has 1 fully saturated rings. The fourth-order valence-corrected chi connectivity index (χ4v) is 6.25. The molecule has 1 N–H and O–H groups in total. The van der Waals surface area contributed by atoms with Crippen molar-refractivity contribution in [3.8, 4) is 23.0 Å². The van der Waals surface area contributed by atoms with E-state index in [2.05, 4.69) is 46.3 Å². The molecule has 7 heteroatoms. The van der Waals surface area contributed by atoms with E-state index in [1.54, 1.807) is 28.4 Å². The highest BCUT2D eigenvalue weighted by Gasteiger charge is 2.39. The van der Waals surface area contributed by atoms with Gasteiger partial charge >= 0.3 is 0 Å². The van der Waals surface area contributed by atoms with Crippen LogP contribution in [0.4, 0.5) is 0 Å². The number of methoxy groups -OCH3 is 4. The predicted octanol–water partition coefficient (Wildman–Crippen LogP) is 3.60. The normalized spacial score (nSPS) is 24.2. The Morgan fingerprint density at radius 1 is 0.800 bits per heavy atom. The monoisotopic (exact) mass is 481 g/mol. The van der Waals surface area contributed by atoms with Gasteiger partial charge in [-0.3, -0.25) is 9.80 Å². The van der Waals surface area contributed by atoms with Gasteiger partial charge in [0.2, 0.25) is 0 Å². The van der Waals surface area contributed by atoms with Crippen LogP contribution in [-0.2, 0) is 12.8 Å². The molecule has 1 saturated heterocycles. The van der Waals surface area contributed by atoms with Gasteiger partial charge in [0.15, 0.2) is 23.0 Å². The van der Waals surface area contributed by atoms with Crippen molar-refractivity contribution in [1.82, 2.24) is 15.1 Å². The molecule has 190 valence electrons. The second-order valence-electron chi connectivity index (χ2n) is 9.85. The van der Waals surface area contributed by atoms with Gasteiger partial charge in [0, 0.05) is 44.3 Å². The first kappa shape index (κ1) is 24.2. The Kier molecular flexibility index (Phi) is 7.09. The summed E-state index contributed by atoms with van der Waals surface area (Å²) in [4.78, 5) is 5.38. The molecule has 0 bridgehead atoms.